The Balaban J connectivity index is 1.95. The van der Waals surface area contributed by atoms with Gasteiger partial charge in [0.2, 0.25) is 0 Å². The highest BCUT2D eigenvalue weighted by atomic mass is 19.1. The molecule has 27 heavy (non-hydrogen) atoms. The lowest BCUT2D eigenvalue weighted by atomic mass is 9.99. The Morgan fingerprint density at radius 2 is 1.59 bits per heavy atom. The van der Waals surface area contributed by atoms with E-state index in [4.69, 9.17) is 4.74 Å². The number of hydrogen-bond donors (Lipinski definition) is 0. The largest absolute Gasteiger partial charge is 0.462 e. The monoisotopic (exact) mass is 370 g/mol. The maximum absolute atomic E-state index is 14.5. The van der Waals surface area contributed by atoms with Crippen molar-refractivity contribution in [2.75, 3.05) is 6.61 Å². The molecule has 0 heterocycles. The Labute approximate surface area is 162 Å². The summed E-state index contributed by atoms with van der Waals surface area (Å²) in [5.74, 6) is -0.528. The summed E-state index contributed by atoms with van der Waals surface area (Å²) in [7, 11) is 0. The first kappa shape index (κ1) is 21.1. The van der Waals surface area contributed by atoms with Crippen LogP contribution in [0.5, 0.6) is 0 Å². The third-order valence-electron chi connectivity index (χ3n) is 4.77. The van der Waals surface area contributed by atoms with Crippen LogP contribution in [-0.2, 0) is 11.2 Å². The van der Waals surface area contributed by atoms with Crippen LogP contribution in [0.2, 0.25) is 0 Å². The first-order valence-corrected chi connectivity index (χ1v) is 10.2. The van der Waals surface area contributed by atoms with Gasteiger partial charge in [-0.1, -0.05) is 70.2 Å². The fourth-order valence-electron chi connectivity index (χ4n) is 3.09. The fourth-order valence-corrected chi connectivity index (χ4v) is 3.09. The molecule has 0 aromatic heterocycles. The molecule has 0 aliphatic rings. The number of unbranched alkanes of at least 4 members (excludes halogenated alkanes) is 5. The number of carbonyl (C=O) groups is 1. The molecule has 0 saturated heterocycles. The molecule has 0 spiro atoms. The highest BCUT2D eigenvalue weighted by Gasteiger charge is 2.10. The number of esters is 1. The van der Waals surface area contributed by atoms with Gasteiger partial charge in [0.15, 0.2) is 0 Å². The molecule has 0 saturated carbocycles. The second-order valence-electron chi connectivity index (χ2n) is 7.05. The third kappa shape index (κ3) is 6.82. The lowest BCUT2D eigenvalue weighted by Crippen LogP contribution is -2.06. The Morgan fingerprint density at radius 1 is 0.889 bits per heavy atom. The second kappa shape index (κ2) is 11.5. The number of halogens is 1. The lowest BCUT2D eigenvalue weighted by molar-refractivity contribution is 0.0498. The van der Waals surface area contributed by atoms with Crippen LogP contribution in [0.3, 0.4) is 0 Å². The molecule has 0 bridgehead atoms. The van der Waals surface area contributed by atoms with Gasteiger partial charge in [-0.3, -0.25) is 0 Å². The van der Waals surface area contributed by atoms with E-state index in [9.17, 15) is 9.18 Å². The zero-order valence-electron chi connectivity index (χ0n) is 16.6. The molecule has 0 amide bonds. The van der Waals surface area contributed by atoms with E-state index in [2.05, 4.69) is 13.8 Å². The highest BCUT2D eigenvalue weighted by Crippen LogP contribution is 2.25. The maximum Gasteiger partial charge on any atom is 0.338 e. The molecule has 0 aliphatic carbocycles. The quantitative estimate of drug-likeness (QED) is 0.315. The zero-order valence-corrected chi connectivity index (χ0v) is 16.6. The second-order valence-corrected chi connectivity index (χ2v) is 7.05. The Bertz CT molecular complexity index is 707. The lowest BCUT2D eigenvalue weighted by Gasteiger charge is -2.08. The molecule has 0 radical (unpaired) electrons. The van der Waals surface area contributed by atoms with Gasteiger partial charge in [-0.15, -0.1) is 0 Å². The summed E-state index contributed by atoms with van der Waals surface area (Å²) in [5, 5.41) is 0. The highest BCUT2D eigenvalue weighted by molar-refractivity contribution is 5.90. The van der Waals surface area contributed by atoms with Gasteiger partial charge in [0, 0.05) is 5.56 Å². The van der Waals surface area contributed by atoms with Crippen LogP contribution in [0.25, 0.3) is 11.1 Å². The Morgan fingerprint density at radius 3 is 2.26 bits per heavy atom. The number of carbonyl (C=O) groups excluding carboxylic acids is 1. The van der Waals surface area contributed by atoms with Crippen molar-refractivity contribution in [2.45, 2.75) is 65.2 Å². The number of rotatable bonds is 11. The Hall–Kier alpha value is -2.16. The molecule has 0 atom stereocenters. The molecule has 2 rings (SSSR count). The third-order valence-corrected chi connectivity index (χ3v) is 4.77. The van der Waals surface area contributed by atoms with Crippen molar-refractivity contribution in [3.05, 3.63) is 59.4 Å². The summed E-state index contributed by atoms with van der Waals surface area (Å²) in [4.78, 5) is 12.1. The average Bonchev–Trinajstić information content (AvgIpc) is 2.68. The topological polar surface area (TPSA) is 26.3 Å². The van der Waals surface area contributed by atoms with Gasteiger partial charge in [0.05, 0.1) is 12.2 Å². The van der Waals surface area contributed by atoms with Crippen molar-refractivity contribution in [3.63, 3.8) is 0 Å². The van der Waals surface area contributed by atoms with Gasteiger partial charge < -0.3 is 4.74 Å². The minimum Gasteiger partial charge on any atom is -0.462 e. The van der Waals surface area contributed by atoms with E-state index in [1.54, 1.807) is 30.3 Å². The van der Waals surface area contributed by atoms with E-state index in [1.165, 1.54) is 6.42 Å². The summed E-state index contributed by atoms with van der Waals surface area (Å²) in [6.45, 7) is 4.76. The van der Waals surface area contributed by atoms with Crippen LogP contribution in [0.4, 0.5) is 4.39 Å². The molecule has 0 N–H and O–H groups in total. The van der Waals surface area contributed by atoms with Crippen LogP contribution in [0.1, 0.15) is 74.7 Å². The van der Waals surface area contributed by atoms with Crippen LogP contribution >= 0.6 is 0 Å². The summed E-state index contributed by atoms with van der Waals surface area (Å²) >= 11 is 0. The number of aryl methyl sites for hydroxylation is 1. The molecule has 0 aliphatic heterocycles. The SMILES string of the molecule is CCCCCCOC(=O)c1ccc(-c2ccc(CCCCC)cc2F)cc1. The van der Waals surface area contributed by atoms with Crippen LogP contribution < -0.4 is 0 Å². The molecular weight excluding hydrogens is 339 g/mol. The standard InChI is InChI=1S/C24H31FO2/c1-3-5-7-9-17-27-24(26)21-14-12-20(13-15-21)22-16-11-19(18-23(22)25)10-8-6-4-2/h11-16,18H,3-10,17H2,1-2H3. The summed E-state index contributed by atoms with van der Waals surface area (Å²) in [6.07, 6.45) is 8.62. The Kier molecular flexibility index (Phi) is 9.03. The number of ether oxygens (including phenoxy) is 1. The van der Waals surface area contributed by atoms with Gasteiger partial charge in [0.25, 0.3) is 0 Å². The van der Waals surface area contributed by atoms with Gasteiger partial charge in [-0.25, -0.2) is 9.18 Å². The minimum absolute atomic E-state index is 0.213. The molecule has 0 unspecified atom stereocenters. The summed E-state index contributed by atoms with van der Waals surface area (Å²) in [6, 6.07) is 12.4. The van der Waals surface area contributed by atoms with Crippen LogP contribution in [0.15, 0.2) is 42.5 Å². The van der Waals surface area contributed by atoms with Crippen molar-refractivity contribution in [2.24, 2.45) is 0 Å². The number of benzene rings is 2. The number of hydrogen-bond acceptors (Lipinski definition) is 2. The van der Waals surface area contributed by atoms with Crippen molar-refractivity contribution >= 4 is 5.97 Å². The van der Waals surface area contributed by atoms with Crippen molar-refractivity contribution in [3.8, 4) is 11.1 Å². The van der Waals surface area contributed by atoms with E-state index in [0.29, 0.717) is 17.7 Å². The maximum atomic E-state index is 14.5. The summed E-state index contributed by atoms with van der Waals surface area (Å²) in [5.41, 5.74) is 2.87. The molecule has 0 fully saturated rings. The fraction of sp³-hybridized carbons (Fsp3) is 0.458. The van der Waals surface area contributed by atoms with E-state index >= 15 is 0 Å². The van der Waals surface area contributed by atoms with Crippen molar-refractivity contribution < 1.29 is 13.9 Å². The normalized spacial score (nSPS) is 10.8. The average molecular weight is 371 g/mol. The van der Waals surface area contributed by atoms with Crippen molar-refractivity contribution in [1.82, 2.24) is 0 Å². The van der Waals surface area contributed by atoms with Gasteiger partial charge in [-0.05, 0) is 48.6 Å². The summed E-state index contributed by atoms with van der Waals surface area (Å²) < 4.78 is 19.8. The van der Waals surface area contributed by atoms with Crippen molar-refractivity contribution in [1.29, 1.82) is 0 Å². The molecule has 146 valence electrons. The van der Waals surface area contributed by atoms with Gasteiger partial charge in [-0.2, -0.15) is 0 Å². The van der Waals surface area contributed by atoms with Gasteiger partial charge in [0.1, 0.15) is 5.82 Å². The van der Waals surface area contributed by atoms with Crippen LogP contribution in [0, 0.1) is 5.82 Å². The molecular formula is C24H31FO2. The molecule has 2 aromatic carbocycles. The zero-order chi connectivity index (χ0) is 19.5. The van der Waals surface area contributed by atoms with E-state index in [1.807, 2.05) is 12.1 Å². The first-order chi connectivity index (χ1) is 13.2. The predicted octanol–water partition coefficient (Wildman–Crippen LogP) is 6.96. The molecule has 2 aromatic rings. The smallest absolute Gasteiger partial charge is 0.338 e. The minimum atomic E-state index is -0.315. The van der Waals surface area contributed by atoms with E-state index < -0.39 is 0 Å². The molecule has 3 heteroatoms. The predicted molar refractivity (Wildman–Crippen MR) is 109 cm³/mol. The van der Waals surface area contributed by atoms with Gasteiger partial charge >= 0.3 is 5.97 Å². The first-order valence-electron chi connectivity index (χ1n) is 10.2. The van der Waals surface area contributed by atoms with E-state index in [-0.39, 0.29) is 11.8 Å². The molecule has 2 nitrogen and oxygen atoms in total. The van der Waals surface area contributed by atoms with Crippen LogP contribution in [-0.4, -0.2) is 12.6 Å². The van der Waals surface area contributed by atoms with E-state index in [0.717, 1.165) is 56.1 Å².